The highest BCUT2D eigenvalue weighted by atomic mass is 79.9. The number of halogens is 1. The topological polar surface area (TPSA) is 215 Å². The normalized spacial score (nSPS) is 17.0. The monoisotopic (exact) mass is 1810 g/mol. The number of piperazine rings is 4. The van der Waals surface area contributed by atoms with E-state index in [1.807, 2.05) is 178 Å². The molecule has 7 fully saturated rings. The molecule has 1 amide bonds. The molecular formula is C106H125BrN10O12. The van der Waals surface area contributed by atoms with Gasteiger partial charge in [-0.1, -0.05) is 300 Å². The fourth-order valence-electron chi connectivity index (χ4n) is 16.1. The summed E-state index contributed by atoms with van der Waals surface area (Å²) in [5.41, 5.74) is 18.6. The van der Waals surface area contributed by atoms with Gasteiger partial charge in [-0.2, -0.15) is 0 Å². The van der Waals surface area contributed by atoms with Crippen LogP contribution in [0.3, 0.4) is 0 Å². The summed E-state index contributed by atoms with van der Waals surface area (Å²) in [6.07, 6.45) is 0. The second-order valence-electron chi connectivity index (χ2n) is 32.0. The Kier molecular flexibility index (Phi) is 38.6. The first kappa shape index (κ1) is 97.0. The first-order valence-electron chi connectivity index (χ1n) is 45.0. The molecule has 11 aromatic carbocycles. The number of hydrogen-bond acceptors (Lipinski definition) is 21. The number of rotatable bonds is 22. The number of nitrogens with one attached hydrogen (secondary N) is 2. The lowest BCUT2D eigenvalue weighted by Crippen LogP contribution is -2.50. The molecule has 0 aliphatic carbocycles. The number of carbonyl (C=O) groups is 4. The van der Waals surface area contributed by atoms with Gasteiger partial charge in [0.15, 0.2) is 5.78 Å². The number of nitrogens with two attached hydrogens (primary N) is 1. The smallest absolute Gasteiger partial charge is 0.320 e. The fourth-order valence-corrected chi connectivity index (χ4v) is 16.5. The lowest BCUT2D eigenvalue weighted by atomic mass is 9.96. The molecule has 22 nitrogen and oxygen atoms in total. The zero-order valence-corrected chi connectivity index (χ0v) is 76.5. The Hall–Kier alpha value is -11.1. The number of esters is 2. The Labute approximate surface area is 770 Å². The van der Waals surface area contributed by atoms with Crippen molar-refractivity contribution >= 4 is 56.6 Å². The molecule has 0 atom stereocenters. The van der Waals surface area contributed by atoms with Gasteiger partial charge in [-0.25, -0.2) is 5.84 Å². The standard InChI is InChI=1S/C24H30N2O4.C16H15BrO2.C16H16O2.C14H20N2O2.C14H12O.C12H18N4O.C10H14N2/c1-2-28-23(27)19-26-14-12-25(13-15-26)18-20-8-10-22(11-9-20)24(29-16-17-30-24)21-6-4-3-5-7-21;17-12-13-6-8-15(9-7-13)16(18-10-11-19-16)14-4-2-1-3-5-14;1-13-7-9-15(10-8-13)16(17-11-12-18-16)14-5-3-2-4-6-14;1-2-18-14(17)12-15-8-10-16(11-9-15)13-6-4-3-5-7-13;1-11-7-9-13(10-8-11)14(15)12-5-3-2-4-6-12;13-14-12(17)10-15-6-8-16(9-7-15)11-4-2-1-3-5-11;1-2-4-10(5-3-1)12-8-6-11-7-9-12/h3-11H,2,12-19H2,1H3;1-9H,10-12H2;2-10H,11-12H2,1H3;3-7H,2,8-12H2,1H3;2-10H,1H3;1-5H,6-10,13H2,(H,14,17);1-5,11H,6-9H2. The minimum absolute atomic E-state index is 0.0793. The molecule has 0 saturated carbocycles. The van der Waals surface area contributed by atoms with Crippen molar-refractivity contribution in [3.05, 3.63) is 376 Å². The van der Waals surface area contributed by atoms with Crippen LogP contribution in [0.5, 0.6) is 0 Å². The lowest BCUT2D eigenvalue weighted by Gasteiger charge is -2.35. The Bertz CT molecular complexity index is 5040. The van der Waals surface area contributed by atoms with Gasteiger partial charge in [-0.05, 0) is 75.2 Å². The number of nitrogens with zero attached hydrogens (tertiary/aromatic N) is 7. The molecule has 678 valence electrons. The Balaban J connectivity index is 0.000000139. The van der Waals surface area contributed by atoms with Crippen LogP contribution in [-0.4, -0.2) is 220 Å². The Morgan fingerprint density at radius 3 is 0.961 bits per heavy atom. The number of hydrogen-bond donors (Lipinski definition) is 3. The van der Waals surface area contributed by atoms with E-state index in [9.17, 15) is 19.2 Å². The average Bonchev–Trinajstić information content (AvgIpc) is 1.71. The number of alkyl halides is 1. The summed E-state index contributed by atoms with van der Waals surface area (Å²) >= 11 is 3.46. The van der Waals surface area contributed by atoms with Crippen molar-refractivity contribution in [1.29, 1.82) is 0 Å². The van der Waals surface area contributed by atoms with E-state index in [2.05, 4.69) is 220 Å². The summed E-state index contributed by atoms with van der Waals surface area (Å²) in [7, 11) is 0. The summed E-state index contributed by atoms with van der Waals surface area (Å²) in [5.74, 6) is 2.49. The van der Waals surface area contributed by atoms with Crippen LogP contribution in [0.1, 0.15) is 85.4 Å². The van der Waals surface area contributed by atoms with Crippen molar-refractivity contribution in [1.82, 2.24) is 30.3 Å². The third-order valence-corrected chi connectivity index (χ3v) is 23.7. The number of benzene rings is 11. The third kappa shape index (κ3) is 28.7. The first-order chi connectivity index (χ1) is 63.2. The van der Waals surface area contributed by atoms with E-state index in [0.717, 1.165) is 161 Å². The number of ether oxygens (including phenoxy) is 8. The molecule has 7 aliphatic rings. The molecule has 11 aromatic rings. The van der Waals surface area contributed by atoms with E-state index in [4.69, 9.17) is 43.7 Å². The maximum absolute atomic E-state index is 12.0. The number of para-hydroxylation sites is 3. The molecule has 0 aromatic heterocycles. The third-order valence-electron chi connectivity index (χ3n) is 23.1. The highest BCUT2D eigenvalue weighted by molar-refractivity contribution is 9.08. The number of carbonyl (C=O) groups excluding carboxylic acids is 4. The van der Waals surface area contributed by atoms with Crippen molar-refractivity contribution in [3.8, 4) is 0 Å². The first-order valence-corrected chi connectivity index (χ1v) is 46.1. The van der Waals surface area contributed by atoms with E-state index < -0.39 is 17.4 Å². The van der Waals surface area contributed by atoms with Crippen LogP contribution in [0.15, 0.2) is 309 Å². The van der Waals surface area contributed by atoms with Crippen molar-refractivity contribution in [2.24, 2.45) is 5.84 Å². The summed E-state index contributed by atoms with van der Waals surface area (Å²) in [5, 5.41) is 4.20. The zero-order chi connectivity index (χ0) is 90.2. The molecule has 0 spiro atoms. The molecule has 18 rings (SSSR count). The van der Waals surface area contributed by atoms with Crippen molar-refractivity contribution in [3.63, 3.8) is 0 Å². The van der Waals surface area contributed by atoms with Gasteiger partial charge < -0.3 is 57.9 Å². The summed E-state index contributed by atoms with van der Waals surface area (Å²) < 4.78 is 45.9. The van der Waals surface area contributed by atoms with E-state index in [1.165, 1.54) is 39.3 Å². The molecule has 0 unspecified atom stereocenters. The summed E-state index contributed by atoms with van der Waals surface area (Å²) in [6.45, 7) is 30.0. The van der Waals surface area contributed by atoms with Gasteiger partial charge in [-0.15, -0.1) is 0 Å². The van der Waals surface area contributed by atoms with Gasteiger partial charge >= 0.3 is 11.9 Å². The summed E-state index contributed by atoms with van der Waals surface area (Å²) in [6, 6.07) is 104. The number of ketones is 1. The summed E-state index contributed by atoms with van der Waals surface area (Å²) in [4.78, 5) is 62.1. The van der Waals surface area contributed by atoms with Crippen molar-refractivity contribution < 1.29 is 57.1 Å². The second kappa shape index (κ2) is 51.3. The predicted octanol–water partition coefficient (Wildman–Crippen LogP) is 15.2. The van der Waals surface area contributed by atoms with Crippen LogP contribution in [-0.2, 0) is 81.5 Å². The molecule has 23 heteroatoms. The molecule has 7 saturated heterocycles. The maximum Gasteiger partial charge on any atom is 0.320 e. The number of amides is 1. The molecule has 0 bridgehead atoms. The van der Waals surface area contributed by atoms with Gasteiger partial charge in [-0.3, -0.25) is 44.2 Å². The molecule has 7 heterocycles. The van der Waals surface area contributed by atoms with Gasteiger partial charge in [0.2, 0.25) is 23.3 Å². The van der Waals surface area contributed by atoms with Crippen LogP contribution < -0.4 is 31.3 Å². The van der Waals surface area contributed by atoms with E-state index in [-0.39, 0.29) is 23.6 Å². The van der Waals surface area contributed by atoms with Gasteiger partial charge in [0, 0.05) is 178 Å². The van der Waals surface area contributed by atoms with Gasteiger partial charge in [0.1, 0.15) is 0 Å². The molecule has 129 heavy (non-hydrogen) atoms. The average molecular weight is 1810 g/mol. The van der Waals surface area contributed by atoms with Crippen molar-refractivity contribution in [2.45, 2.75) is 56.9 Å². The minimum atomic E-state index is -0.807. The van der Waals surface area contributed by atoms with E-state index in [0.29, 0.717) is 72.5 Å². The highest BCUT2D eigenvalue weighted by Crippen LogP contribution is 2.41. The van der Waals surface area contributed by atoms with Crippen LogP contribution in [0.25, 0.3) is 0 Å². The quantitative estimate of drug-likeness (QED) is 0.0144. The Morgan fingerprint density at radius 1 is 0.341 bits per heavy atom. The van der Waals surface area contributed by atoms with Crippen LogP contribution in [0, 0.1) is 13.8 Å². The highest BCUT2D eigenvalue weighted by Gasteiger charge is 2.43. The fraction of sp³-hybridized carbons (Fsp3) is 0.340. The van der Waals surface area contributed by atoms with Crippen molar-refractivity contribution in [2.75, 3.05) is 192 Å². The van der Waals surface area contributed by atoms with Gasteiger partial charge in [0.05, 0.1) is 72.5 Å². The lowest BCUT2D eigenvalue weighted by molar-refractivity contribution is -0.145. The van der Waals surface area contributed by atoms with E-state index in [1.54, 1.807) is 0 Å². The maximum atomic E-state index is 12.0. The molecule has 4 N–H and O–H groups in total. The SMILES string of the molecule is BrCc1ccc(C2(c3ccccc3)OCCO2)cc1.CCOC(=O)CN1CCN(Cc2ccc(C3(c4ccccc4)OCCO3)cc2)CC1.CCOC(=O)CN1CCN(c2ccccc2)CC1.Cc1ccc(C(=O)c2ccccc2)cc1.Cc1ccc(C2(c3ccccc3)OCCO2)cc1.NNC(=O)CN1CCN(c2ccccc2)CC1.c1ccc(N2CCNCC2)cc1. The molecular weight excluding hydrogens is 1690 g/mol. The van der Waals surface area contributed by atoms with Crippen LogP contribution in [0.2, 0.25) is 0 Å². The second-order valence-corrected chi connectivity index (χ2v) is 32.6. The number of hydrazine groups is 1. The van der Waals surface area contributed by atoms with Gasteiger partial charge in [0.25, 0.3) is 0 Å². The largest absolute Gasteiger partial charge is 0.465 e. The van der Waals surface area contributed by atoms with Crippen LogP contribution >= 0.6 is 15.9 Å². The van der Waals surface area contributed by atoms with E-state index >= 15 is 0 Å². The zero-order valence-electron chi connectivity index (χ0n) is 74.9. The number of aryl methyl sites for hydroxylation is 2. The number of anilines is 3. The predicted molar refractivity (Wildman–Crippen MR) is 514 cm³/mol. The minimum Gasteiger partial charge on any atom is -0.465 e. The molecule has 0 radical (unpaired) electrons. The van der Waals surface area contributed by atoms with Crippen LogP contribution in [0.4, 0.5) is 17.1 Å². The molecule has 7 aliphatic heterocycles. The Morgan fingerprint density at radius 2 is 0.620 bits per heavy atom.